The van der Waals surface area contributed by atoms with Gasteiger partial charge >= 0.3 is 0 Å². The summed E-state index contributed by atoms with van der Waals surface area (Å²) in [6.45, 7) is 10.2. The van der Waals surface area contributed by atoms with Gasteiger partial charge in [0.05, 0.1) is 23.2 Å². The number of rotatable bonds is 7. The molecule has 6 rings (SSSR count). The molecule has 0 bridgehead atoms. The van der Waals surface area contributed by atoms with E-state index in [0.717, 1.165) is 93.0 Å². The minimum absolute atomic E-state index is 0.198. The first-order valence-electron chi connectivity index (χ1n) is 14.8. The van der Waals surface area contributed by atoms with Gasteiger partial charge in [0, 0.05) is 62.9 Å². The predicted octanol–water partition coefficient (Wildman–Crippen LogP) is 4.18. The largest absolute Gasteiger partial charge is 0.343 e. The summed E-state index contributed by atoms with van der Waals surface area (Å²) in [6, 6.07) is 4.97. The molecule has 2 aromatic heterocycles. The van der Waals surface area contributed by atoms with Gasteiger partial charge in [-0.1, -0.05) is 0 Å². The van der Waals surface area contributed by atoms with Gasteiger partial charge in [-0.25, -0.2) is 8.60 Å². The molecule has 1 aromatic carbocycles. The van der Waals surface area contributed by atoms with Gasteiger partial charge in [0.2, 0.25) is 5.91 Å². The number of fused-ring (bicyclic) bond motifs is 1. The topological polar surface area (TPSA) is 61.5 Å². The number of aryl methyl sites for hydroxylation is 1. The Balaban J connectivity index is 1.22. The molecule has 214 valence electrons. The quantitative estimate of drug-likeness (QED) is 0.345. The summed E-state index contributed by atoms with van der Waals surface area (Å²) in [5.74, 6) is 1.91. The Morgan fingerprint density at radius 3 is 2.67 bits per heavy atom. The van der Waals surface area contributed by atoms with Crippen molar-refractivity contribution in [2.24, 2.45) is 11.8 Å². The number of pyridine rings is 1. The van der Waals surface area contributed by atoms with Crippen LogP contribution in [0.5, 0.6) is 0 Å². The maximum atomic E-state index is 14.4. The molecule has 3 aliphatic rings. The van der Waals surface area contributed by atoms with Crippen LogP contribution in [0.2, 0.25) is 0 Å². The Morgan fingerprint density at radius 1 is 1.12 bits per heavy atom. The van der Waals surface area contributed by atoms with Crippen LogP contribution in [0.1, 0.15) is 49.3 Å². The third-order valence-corrected chi connectivity index (χ3v) is 10.8. The summed E-state index contributed by atoms with van der Waals surface area (Å²) >= 11 is 0. The van der Waals surface area contributed by atoms with Crippen molar-refractivity contribution < 1.29 is 17.3 Å². The number of carbonyl (C=O) groups is 1. The smallest absolute Gasteiger partial charge is 0.219 e. The van der Waals surface area contributed by atoms with Gasteiger partial charge in [-0.2, -0.15) is 3.95 Å². The van der Waals surface area contributed by atoms with E-state index in [-0.39, 0.29) is 11.7 Å². The van der Waals surface area contributed by atoms with Crippen LogP contribution in [0.3, 0.4) is 0 Å². The average Bonchev–Trinajstić information content (AvgIpc) is 3.65. The molecule has 2 saturated heterocycles. The molecule has 3 aromatic rings. The summed E-state index contributed by atoms with van der Waals surface area (Å²) in [4.78, 5) is 20.8. The zero-order chi connectivity index (χ0) is 27.8. The van der Waals surface area contributed by atoms with Crippen molar-refractivity contribution >= 4 is 27.4 Å². The molecule has 0 N–H and O–H groups in total. The minimum atomic E-state index is -1.39. The molecular formula is C31H41FN5O2S+. The van der Waals surface area contributed by atoms with Crippen LogP contribution in [0, 0.1) is 24.6 Å². The standard InChI is InChI=1S/C31H41FN5O2S/c1-22-16-33-17-30-31(22)27(14-25-6-10-34(19-25)18-24-7-11-35(12-8-24)23(2)38)21-37(30)29-5-4-28(32)15-26(29)20-36-9-3-13-40(36)39/h4-5,15-17,21,24-25,40H,3,6-14,18-20H2,1-2H3/q+1/t25-/m0/s1. The molecule has 7 nitrogen and oxygen atoms in total. The number of carbonyl (C=O) groups excluding carboxylic acids is 1. The van der Waals surface area contributed by atoms with E-state index in [0.29, 0.717) is 18.4 Å². The second-order valence-electron chi connectivity index (χ2n) is 12.0. The number of thiol groups is 1. The molecular weight excluding hydrogens is 525 g/mol. The van der Waals surface area contributed by atoms with Gasteiger partial charge in [-0.05, 0) is 80.3 Å². The highest BCUT2D eigenvalue weighted by Crippen LogP contribution is 2.33. The maximum Gasteiger partial charge on any atom is 0.219 e. The van der Waals surface area contributed by atoms with Crippen LogP contribution >= 0.6 is 0 Å². The number of aromatic nitrogens is 2. The van der Waals surface area contributed by atoms with E-state index in [4.69, 9.17) is 0 Å². The normalized spacial score (nSPS) is 22.6. The highest BCUT2D eigenvalue weighted by atomic mass is 32.2. The molecule has 0 saturated carbocycles. The number of halogens is 1. The number of likely N-dealkylation sites (tertiary alicyclic amines) is 2. The van der Waals surface area contributed by atoms with E-state index in [1.54, 1.807) is 13.0 Å². The third-order valence-electron chi connectivity index (χ3n) is 9.17. The van der Waals surface area contributed by atoms with Crippen LogP contribution in [-0.2, 0) is 28.4 Å². The molecule has 1 amide bonds. The summed E-state index contributed by atoms with van der Waals surface area (Å²) in [5, 5.41) is 1.24. The van der Waals surface area contributed by atoms with Crippen molar-refractivity contribution in [3.8, 4) is 5.69 Å². The Morgan fingerprint density at radius 2 is 1.93 bits per heavy atom. The lowest BCUT2D eigenvalue weighted by Gasteiger charge is -2.33. The average molecular weight is 567 g/mol. The third kappa shape index (κ3) is 5.68. The lowest BCUT2D eigenvalue weighted by molar-refractivity contribution is -0.513. The molecule has 40 heavy (non-hydrogen) atoms. The summed E-state index contributed by atoms with van der Waals surface area (Å²) in [5.41, 5.74) is 5.31. The SMILES string of the molecule is CC(=O)N1CCC(CN2CC[C@@H](Cc3cn(-c4ccc(F)cc4C[N+]4=[SH](=O)CCC4)c4cncc(C)c34)C2)CC1. The summed E-state index contributed by atoms with van der Waals surface area (Å²) < 4.78 is 31.1. The summed E-state index contributed by atoms with van der Waals surface area (Å²) in [7, 11) is -1.39. The van der Waals surface area contributed by atoms with Crippen LogP contribution in [-0.4, -0.2) is 78.4 Å². The second kappa shape index (κ2) is 11.6. The molecule has 2 fully saturated rings. The lowest BCUT2D eigenvalue weighted by atomic mass is 9.96. The molecule has 1 unspecified atom stereocenters. The van der Waals surface area contributed by atoms with Gasteiger partial charge in [0.1, 0.15) is 16.4 Å². The number of benzene rings is 1. The zero-order valence-corrected chi connectivity index (χ0v) is 24.6. The molecule has 0 spiro atoms. The fourth-order valence-corrected chi connectivity index (χ4v) is 8.43. The summed E-state index contributed by atoms with van der Waals surface area (Å²) in [6.07, 6.45) is 11.4. The Hall–Kier alpha value is -2.78. The highest BCUT2D eigenvalue weighted by molar-refractivity contribution is 7.72. The fraction of sp³-hybridized carbons (Fsp3) is 0.548. The Labute approximate surface area is 238 Å². The van der Waals surface area contributed by atoms with Gasteiger partial charge in [-0.15, -0.1) is 0 Å². The van der Waals surface area contributed by atoms with Crippen molar-refractivity contribution in [2.45, 2.75) is 52.5 Å². The van der Waals surface area contributed by atoms with Crippen molar-refractivity contribution in [3.63, 3.8) is 0 Å². The first-order valence-corrected chi connectivity index (χ1v) is 16.2. The van der Waals surface area contributed by atoms with E-state index in [9.17, 15) is 13.4 Å². The van der Waals surface area contributed by atoms with Crippen LogP contribution in [0.4, 0.5) is 4.39 Å². The van der Waals surface area contributed by atoms with E-state index in [2.05, 4.69) is 27.6 Å². The van der Waals surface area contributed by atoms with Crippen molar-refractivity contribution in [1.82, 2.24) is 19.4 Å². The number of piperidine rings is 1. The van der Waals surface area contributed by atoms with Crippen molar-refractivity contribution in [2.75, 3.05) is 45.0 Å². The maximum absolute atomic E-state index is 14.4. The first kappa shape index (κ1) is 27.4. The number of amides is 1. The molecule has 2 atom stereocenters. The first-order chi connectivity index (χ1) is 19.4. The number of nitrogens with zero attached hydrogens (tertiary/aromatic N) is 5. The van der Waals surface area contributed by atoms with Gasteiger partial charge in [-0.3, -0.25) is 9.78 Å². The van der Waals surface area contributed by atoms with Crippen molar-refractivity contribution in [3.05, 3.63) is 59.3 Å². The molecule has 0 radical (unpaired) electrons. The molecule has 9 heteroatoms. The highest BCUT2D eigenvalue weighted by Gasteiger charge is 2.29. The Kier molecular flexibility index (Phi) is 7.95. The lowest BCUT2D eigenvalue weighted by Crippen LogP contribution is -2.40. The monoisotopic (exact) mass is 566 g/mol. The van der Waals surface area contributed by atoms with Crippen LogP contribution in [0.15, 0.2) is 36.8 Å². The van der Waals surface area contributed by atoms with E-state index in [1.165, 1.54) is 23.4 Å². The fourth-order valence-electron chi connectivity index (χ4n) is 7.06. The van der Waals surface area contributed by atoms with E-state index in [1.807, 2.05) is 27.3 Å². The number of hydrogen-bond acceptors (Lipinski definition) is 4. The zero-order valence-electron chi connectivity index (χ0n) is 23.7. The Bertz CT molecular complexity index is 1500. The van der Waals surface area contributed by atoms with Gasteiger partial charge in [0.15, 0.2) is 13.1 Å². The minimum Gasteiger partial charge on any atom is -0.343 e. The second-order valence-corrected chi connectivity index (χ2v) is 13.8. The van der Waals surface area contributed by atoms with E-state index < -0.39 is 10.6 Å². The molecule has 0 aliphatic carbocycles. The number of hydrogen-bond donors (Lipinski definition) is 1. The van der Waals surface area contributed by atoms with E-state index >= 15 is 0 Å². The van der Waals surface area contributed by atoms with Crippen LogP contribution in [0.25, 0.3) is 16.6 Å². The molecule has 5 heterocycles. The van der Waals surface area contributed by atoms with Gasteiger partial charge in [0.25, 0.3) is 0 Å². The van der Waals surface area contributed by atoms with Gasteiger partial charge < -0.3 is 14.4 Å². The predicted molar refractivity (Wildman–Crippen MR) is 157 cm³/mol. The van der Waals surface area contributed by atoms with Crippen LogP contribution < -0.4 is 0 Å². The molecule has 3 aliphatic heterocycles. The van der Waals surface area contributed by atoms with Crippen molar-refractivity contribution in [1.29, 1.82) is 0 Å².